The molecule has 0 radical (unpaired) electrons. The van der Waals surface area contributed by atoms with Crippen LogP contribution in [0.1, 0.15) is 31.7 Å². The minimum absolute atomic E-state index is 0.0659. The van der Waals surface area contributed by atoms with Crippen molar-refractivity contribution < 1.29 is 14.3 Å². The Labute approximate surface area is 137 Å². The van der Waals surface area contributed by atoms with Crippen molar-refractivity contribution in [2.75, 3.05) is 20.2 Å². The molecule has 0 aromatic heterocycles. The molecule has 1 aliphatic rings. The predicted molar refractivity (Wildman–Crippen MR) is 88.7 cm³/mol. The minimum atomic E-state index is -0.539. The Morgan fingerprint density at radius 2 is 1.87 bits per heavy atom. The number of hydrogen-bond acceptors (Lipinski definition) is 4. The summed E-state index contributed by atoms with van der Waals surface area (Å²) >= 11 is 0. The van der Waals surface area contributed by atoms with Gasteiger partial charge in [0.1, 0.15) is 0 Å². The first-order valence-electron chi connectivity index (χ1n) is 8.11. The molecule has 1 aromatic carbocycles. The van der Waals surface area contributed by atoms with Crippen LogP contribution in [0.3, 0.4) is 0 Å². The van der Waals surface area contributed by atoms with Crippen LogP contribution in [0, 0.1) is 11.8 Å². The second-order valence-corrected chi connectivity index (χ2v) is 6.58. The van der Waals surface area contributed by atoms with Gasteiger partial charge in [0, 0.05) is 19.0 Å². The second kappa shape index (κ2) is 7.59. The Bertz CT molecular complexity index is 544. The van der Waals surface area contributed by atoms with Crippen LogP contribution in [0.15, 0.2) is 30.3 Å². The Kier molecular flexibility index (Phi) is 5.77. The molecule has 0 aliphatic carbocycles. The number of piperidine rings is 1. The highest BCUT2D eigenvalue weighted by Crippen LogP contribution is 2.31. The maximum absolute atomic E-state index is 12.6. The quantitative estimate of drug-likeness (QED) is 0.859. The number of benzene rings is 1. The molecule has 0 unspecified atom stereocenters. The average Bonchev–Trinajstić information content (AvgIpc) is 2.59. The van der Waals surface area contributed by atoms with Crippen molar-refractivity contribution in [1.82, 2.24) is 4.90 Å². The zero-order valence-corrected chi connectivity index (χ0v) is 14.1. The van der Waals surface area contributed by atoms with E-state index in [4.69, 9.17) is 10.5 Å². The summed E-state index contributed by atoms with van der Waals surface area (Å²) in [7, 11) is 1.39. The van der Waals surface area contributed by atoms with E-state index >= 15 is 0 Å². The van der Waals surface area contributed by atoms with E-state index in [-0.39, 0.29) is 29.6 Å². The van der Waals surface area contributed by atoms with Crippen LogP contribution in [0.2, 0.25) is 0 Å². The van der Waals surface area contributed by atoms with Gasteiger partial charge in [-0.25, -0.2) is 0 Å². The number of rotatable bonds is 4. The van der Waals surface area contributed by atoms with Crippen molar-refractivity contribution >= 4 is 11.9 Å². The Morgan fingerprint density at radius 3 is 2.43 bits per heavy atom. The number of methoxy groups -OCH3 is 1. The van der Waals surface area contributed by atoms with E-state index < -0.39 is 6.04 Å². The highest BCUT2D eigenvalue weighted by molar-refractivity contribution is 5.83. The number of ether oxygens (including phenoxy) is 1. The highest BCUT2D eigenvalue weighted by atomic mass is 16.5. The lowest BCUT2D eigenvalue weighted by Gasteiger charge is -2.38. The molecule has 0 saturated carbocycles. The van der Waals surface area contributed by atoms with Crippen LogP contribution < -0.4 is 5.73 Å². The summed E-state index contributed by atoms with van der Waals surface area (Å²) in [5.41, 5.74) is 7.16. The molecule has 1 aromatic rings. The van der Waals surface area contributed by atoms with Crippen LogP contribution >= 0.6 is 0 Å². The van der Waals surface area contributed by atoms with Crippen molar-refractivity contribution in [2.24, 2.45) is 17.6 Å². The summed E-state index contributed by atoms with van der Waals surface area (Å²) in [6, 6.07) is 9.45. The first kappa shape index (κ1) is 17.5. The molecule has 1 fully saturated rings. The fourth-order valence-corrected chi connectivity index (χ4v) is 3.08. The van der Waals surface area contributed by atoms with Crippen LogP contribution in [-0.2, 0) is 14.3 Å². The molecule has 5 heteroatoms. The maximum atomic E-state index is 12.6. The summed E-state index contributed by atoms with van der Waals surface area (Å²) < 4.78 is 4.90. The van der Waals surface area contributed by atoms with E-state index in [0.717, 1.165) is 5.56 Å². The van der Waals surface area contributed by atoms with Gasteiger partial charge in [-0.05, 0) is 17.9 Å². The standard InChI is InChI=1S/C18H26N2O3/c1-12(2)16(19)17(21)20-10-14(13-7-5-4-6-8-13)9-15(11-20)18(22)23-3/h4-8,12,14-16H,9-11,19H2,1-3H3/t14-,15-,16+/m1/s1. The number of carbonyl (C=O) groups is 2. The molecular formula is C18H26N2O3. The summed E-state index contributed by atoms with van der Waals surface area (Å²) in [4.78, 5) is 26.4. The monoisotopic (exact) mass is 318 g/mol. The summed E-state index contributed by atoms with van der Waals surface area (Å²) in [5.74, 6) is -0.466. The third-order valence-corrected chi connectivity index (χ3v) is 4.57. The lowest BCUT2D eigenvalue weighted by molar-refractivity contribution is -0.149. The van der Waals surface area contributed by atoms with E-state index in [0.29, 0.717) is 19.5 Å². The van der Waals surface area contributed by atoms with E-state index in [9.17, 15) is 9.59 Å². The van der Waals surface area contributed by atoms with Crippen molar-refractivity contribution in [2.45, 2.75) is 32.2 Å². The van der Waals surface area contributed by atoms with Crippen molar-refractivity contribution in [3.63, 3.8) is 0 Å². The lowest BCUT2D eigenvalue weighted by Crippen LogP contribution is -2.52. The van der Waals surface area contributed by atoms with Gasteiger partial charge in [-0.3, -0.25) is 9.59 Å². The molecule has 1 heterocycles. The average molecular weight is 318 g/mol. The first-order valence-corrected chi connectivity index (χ1v) is 8.11. The molecule has 0 bridgehead atoms. The van der Waals surface area contributed by atoms with Crippen molar-refractivity contribution in [3.8, 4) is 0 Å². The van der Waals surface area contributed by atoms with Crippen molar-refractivity contribution in [3.05, 3.63) is 35.9 Å². The van der Waals surface area contributed by atoms with E-state index in [1.807, 2.05) is 44.2 Å². The number of hydrogen-bond donors (Lipinski definition) is 1. The molecule has 23 heavy (non-hydrogen) atoms. The van der Waals surface area contributed by atoms with Crippen LogP contribution in [0.5, 0.6) is 0 Å². The molecule has 0 spiro atoms. The molecule has 1 amide bonds. The second-order valence-electron chi connectivity index (χ2n) is 6.58. The maximum Gasteiger partial charge on any atom is 0.310 e. The molecule has 3 atom stereocenters. The topological polar surface area (TPSA) is 72.6 Å². The minimum Gasteiger partial charge on any atom is -0.469 e. The molecule has 2 rings (SSSR count). The summed E-state index contributed by atoms with van der Waals surface area (Å²) in [6.07, 6.45) is 0.692. The van der Waals surface area contributed by atoms with Crippen LogP contribution in [0.4, 0.5) is 0 Å². The van der Waals surface area contributed by atoms with Gasteiger partial charge in [-0.2, -0.15) is 0 Å². The number of amides is 1. The molecule has 2 N–H and O–H groups in total. The van der Waals surface area contributed by atoms with Gasteiger partial charge in [0.2, 0.25) is 5.91 Å². The number of nitrogens with two attached hydrogens (primary N) is 1. The Hall–Kier alpha value is -1.88. The Balaban J connectivity index is 2.22. The zero-order chi connectivity index (χ0) is 17.0. The molecule has 1 saturated heterocycles. The fraction of sp³-hybridized carbons (Fsp3) is 0.556. The Morgan fingerprint density at radius 1 is 1.22 bits per heavy atom. The van der Waals surface area contributed by atoms with Gasteiger partial charge in [0.05, 0.1) is 19.1 Å². The van der Waals surface area contributed by atoms with E-state index in [1.54, 1.807) is 4.90 Å². The van der Waals surface area contributed by atoms with Gasteiger partial charge in [0.25, 0.3) is 0 Å². The number of esters is 1. The summed E-state index contributed by atoms with van der Waals surface area (Å²) in [6.45, 7) is 4.84. The van der Waals surface area contributed by atoms with E-state index in [2.05, 4.69) is 0 Å². The number of likely N-dealkylation sites (tertiary alicyclic amines) is 1. The number of nitrogens with zero attached hydrogens (tertiary/aromatic N) is 1. The zero-order valence-electron chi connectivity index (χ0n) is 14.1. The SMILES string of the molecule is COC(=O)[C@@H]1C[C@@H](c2ccccc2)CN(C(=O)[C@@H](N)C(C)C)C1. The van der Waals surface area contributed by atoms with E-state index in [1.165, 1.54) is 7.11 Å². The van der Waals surface area contributed by atoms with Gasteiger partial charge in [0.15, 0.2) is 0 Å². The normalized spacial score (nSPS) is 22.7. The molecule has 1 aliphatic heterocycles. The number of carbonyl (C=O) groups excluding carboxylic acids is 2. The van der Waals surface area contributed by atoms with Gasteiger partial charge >= 0.3 is 5.97 Å². The predicted octanol–water partition coefficient (Wildman–Crippen LogP) is 1.77. The first-order chi connectivity index (χ1) is 10.9. The lowest BCUT2D eigenvalue weighted by atomic mass is 9.84. The van der Waals surface area contributed by atoms with Gasteiger partial charge in [-0.1, -0.05) is 44.2 Å². The molecule has 5 nitrogen and oxygen atoms in total. The van der Waals surface area contributed by atoms with Crippen LogP contribution in [-0.4, -0.2) is 43.0 Å². The van der Waals surface area contributed by atoms with Crippen molar-refractivity contribution in [1.29, 1.82) is 0 Å². The molecule has 126 valence electrons. The van der Waals surface area contributed by atoms with Crippen LogP contribution in [0.25, 0.3) is 0 Å². The molecular weight excluding hydrogens is 292 g/mol. The third kappa shape index (κ3) is 4.10. The van der Waals surface area contributed by atoms with Gasteiger partial charge < -0.3 is 15.4 Å². The smallest absolute Gasteiger partial charge is 0.310 e. The highest BCUT2D eigenvalue weighted by Gasteiger charge is 2.36. The third-order valence-electron chi connectivity index (χ3n) is 4.57. The fourth-order valence-electron chi connectivity index (χ4n) is 3.08. The van der Waals surface area contributed by atoms with Gasteiger partial charge in [-0.15, -0.1) is 0 Å². The summed E-state index contributed by atoms with van der Waals surface area (Å²) in [5, 5.41) is 0. The largest absolute Gasteiger partial charge is 0.469 e.